The molecule has 2 aromatic heterocycles. The van der Waals surface area contributed by atoms with Gasteiger partial charge in [-0.15, -0.1) is 11.3 Å². The largest absolute Gasteiger partial charge is 0.459 e. The molecule has 5 heteroatoms. The zero-order valence-electron chi connectivity index (χ0n) is 11.7. The fourth-order valence-electron chi connectivity index (χ4n) is 2.47. The molecule has 0 saturated heterocycles. The van der Waals surface area contributed by atoms with Crippen molar-refractivity contribution in [1.82, 2.24) is 10.4 Å². The first-order valence-corrected chi connectivity index (χ1v) is 7.31. The van der Waals surface area contributed by atoms with Crippen LogP contribution >= 0.6 is 11.3 Å². The summed E-state index contributed by atoms with van der Waals surface area (Å²) >= 11 is 1.64. The average molecular weight is 287 g/mol. The van der Waals surface area contributed by atoms with Crippen LogP contribution in [0.4, 0.5) is 0 Å². The Hall–Kier alpha value is -1.69. The molecule has 4 nitrogen and oxygen atoms in total. The van der Waals surface area contributed by atoms with E-state index in [-0.39, 0.29) is 6.04 Å². The lowest BCUT2D eigenvalue weighted by Crippen LogP contribution is -2.28. The molecule has 0 aliphatic carbocycles. The number of nitrogens with two attached hydrogens (primary N) is 1. The highest BCUT2D eigenvalue weighted by Crippen LogP contribution is 2.33. The standard InChI is InChI=1S/C15H17N3OS/c1-8-5-4-6-11-7-12(19-14(8)11)13(18-16)15-9(2)17-10(3)20-15/h4-7,13,18H,16H2,1-3H3. The molecule has 1 aromatic carbocycles. The van der Waals surface area contributed by atoms with Gasteiger partial charge in [0, 0.05) is 5.39 Å². The second-order valence-corrected chi connectivity index (χ2v) is 6.16. The molecular weight excluding hydrogens is 270 g/mol. The number of nitrogens with zero attached hydrogens (tertiary/aromatic N) is 1. The maximum absolute atomic E-state index is 6.01. The van der Waals surface area contributed by atoms with E-state index in [4.69, 9.17) is 10.3 Å². The van der Waals surface area contributed by atoms with Crippen LogP contribution in [-0.2, 0) is 0 Å². The van der Waals surface area contributed by atoms with Crippen molar-refractivity contribution < 1.29 is 4.42 Å². The highest BCUT2D eigenvalue weighted by atomic mass is 32.1. The number of furan rings is 1. The number of rotatable bonds is 3. The van der Waals surface area contributed by atoms with Gasteiger partial charge >= 0.3 is 0 Å². The minimum atomic E-state index is -0.159. The number of fused-ring (bicyclic) bond motifs is 1. The Balaban J connectivity index is 2.12. The lowest BCUT2D eigenvalue weighted by Gasteiger charge is -2.11. The van der Waals surface area contributed by atoms with Crippen LogP contribution in [0.2, 0.25) is 0 Å². The van der Waals surface area contributed by atoms with Gasteiger partial charge in [0.05, 0.1) is 15.6 Å². The van der Waals surface area contributed by atoms with E-state index in [0.29, 0.717) is 0 Å². The zero-order valence-corrected chi connectivity index (χ0v) is 12.5. The normalized spacial score (nSPS) is 13.0. The van der Waals surface area contributed by atoms with Crippen molar-refractivity contribution in [1.29, 1.82) is 0 Å². The highest BCUT2D eigenvalue weighted by molar-refractivity contribution is 7.11. The highest BCUT2D eigenvalue weighted by Gasteiger charge is 2.22. The van der Waals surface area contributed by atoms with Gasteiger partial charge in [-0.3, -0.25) is 5.84 Å². The monoisotopic (exact) mass is 287 g/mol. The van der Waals surface area contributed by atoms with Crippen molar-refractivity contribution in [2.45, 2.75) is 26.8 Å². The van der Waals surface area contributed by atoms with Crippen molar-refractivity contribution in [3.8, 4) is 0 Å². The number of benzene rings is 1. The number of aromatic nitrogens is 1. The van der Waals surface area contributed by atoms with E-state index in [1.807, 2.05) is 45.0 Å². The number of aryl methyl sites for hydroxylation is 3. The van der Waals surface area contributed by atoms with E-state index in [0.717, 1.165) is 37.9 Å². The van der Waals surface area contributed by atoms with Crippen molar-refractivity contribution in [2.24, 2.45) is 5.84 Å². The Morgan fingerprint density at radius 3 is 2.70 bits per heavy atom. The number of thiazole rings is 1. The van der Waals surface area contributed by atoms with Gasteiger partial charge < -0.3 is 4.42 Å². The zero-order chi connectivity index (χ0) is 14.3. The van der Waals surface area contributed by atoms with E-state index in [2.05, 4.69) is 10.4 Å². The summed E-state index contributed by atoms with van der Waals surface area (Å²) in [4.78, 5) is 5.56. The van der Waals surface area contributed by atoms with Crippen LogP contribution in [0.1, 0.15) is 32.9 Å². The SMILES string of the molecule is Cc1nc(C)c(C(NN)c2cc3cccc(C)c3o2)s1. The molecule has 0 saturated carbocycles. The summed E-state index contributed by atoms with van der Waals surface area (Å²) in [5, 5.41) is 2.13. The summed E-state index contributed by atoms with van der Waals surface area (Å²) in [6.07, 6.45) is 0. The number of para-hydroxylation sites is 1. The van der Waals surface area contributed by atoms with Crippen molar-refractivity contribution in [3.63, 3.8) is 0 Å². The van der Waals surface area contributed by atoms with Crippen LogP contribution in [0, 0.1) is 20.8 Å². The lowest BCUT2D eigenvalue weighted by molar-refractivity contribution is 0.479. The molecule has 2 heterocycles. The van der Waals surface area contributed by atoms with Crippen LogP contribution < -0.4 is 11.3 Å². The molecule has 0 spiro atoms. The Bertz CT molecular complexity index is 760. The van der Waals surface area contributed by atoms with Gasteiger partial charge in [-0.2, -0.15) is 0 Å². The first-order chi connectivity index (χ1) is 9.60. The molecule has 0 amide bonds. The van der Waals surface area contributed by atoms with Gasteiger partial charge in [-0.1, -0.05) is 18.2 Å². The lowest BCUT2D eigenvalue weighted by atomic mass is 10.1. The van der Waals surface area contributed by atoms with Gasteiger partial charge in [-0.25, -0.2) is 10.4 Å². The third kappa shape index (κ3) is 2.14. The molecule has 1 atom stereocenters. The summed E-state index contributed by atoms with van der Waals surface area (Å²) < 4.78 is 6.01. The number of hydrogen-bond acceptors (Lipinski definition) is 5. The second kappa shape index (κ2) is 5.01. The van der Waals surface area contributed by atoms with Crippen molar-refractivity contribution >= 4 is 22.3 Å². The Morgan fingerprint density at radius 2 is 2.10 bits per heavy atom. The molecule has 0 radical (unpaired) electrons. The molecule has 3 aromatic rings. The van der Waals surface area contributed by atoms with E-state index in [1.165, 1.54) is 0 Å². The summed E-state index contributed by atoms with van der Waals surface area (Å²) in [7, 11) is 0. The molecule has 20 heavy (non-hydrogen) atoms. The Kier molecular flexibility index (Phi) is 3.33. The Labute approximate surface area is 121 Å². The molecule has 3 N–H and O–H groups in total. The molecule has 3 rings (SSSR count). The van der Waals surface area contributed by atoms with Crippen LogP contribution in [0.3, 0.4) is 0 Å². The second-order valence-electron chi connectivity index (χ2n) is 4.92. The Morgan fingerprint density at radius 1 is 1.30 bits per heavy atom. The number of hydrogen-bond donors (Lipinski definition) is 2. The summed E-state index contributed by atoms with van der Waals surface area (Å²) in [5.41, 5.74) is 5.88. The molecule has 0 aliphatic rings. The van der Waals surface area contributed by atoms with Crippen LogP contribution in [-0.4, -0.2) is 4.98 Å². The van der Waals surface area contributed by atoms with Gasteiger partial charge in [0.25, 0.3) is 0 Å². The molecule has 104 valence electrons. The quantitative estimate of drug-likeness (QED) is 0.572. The van der Waals surface area contributed by atoms with Gasteiger partial charge in [0.15, 0.2) is 0 Å². The van der Waals surface area contributed by atoms with Gasteiger partial charge in [0.1, 0.15) is 17.4 Å². The van der Waals surface area contributed by atoms with Crippen molar-refractivity contribution in [3.05, 3.63) is 51.2 Å². The summed E-state index contributed by atoms with van der Waals surface area (Å²) in [6, 6.07) is 8.01. The molecular formula is C15H17N3OS. The average Bonchev–Trinajstić information content (AvgIpc) is 2.96. The fourth-order valence-corrected chi connectivity index (χ4v) is 3.47. The predicted octanol–water partition coefficient (Wildman–Crippen LogP) is 3.37. The minimum Gasteiger partial charge on any atom is -0.459 e. The third-order valence-electron chi connectivity index (χ3n) is 3.41. The van der Waals surface area contributed by atoms with Crippen LogP contribution in [0.25, 0.3) is 11.0 Å². The number of hydrazine groups is 1. The molecule has 0 aliphatic heterocycles. The topological polar surface area (TPSA) is 64.1 Å². The smallest absolute Gasteiger partial charge is 0.137 e. The number of nitrogens with one attached hydrogen (secondary N) is 1. The van der Waals surface area contributed by atoms with E-state index < -0.39 is 0 Å². The first kappa shape index (κ1) is 13.3. The van der Waals surface area contributed by atoms with Gasteiger partial charge in [0.2, 0.25) is 0 Å². The third-order valence-corrected chi connectivity index (χ3v) is 4.55. The fraction of sp³-hybridized carbons (Fsp3) is 0.267. The predicted molar refractivity (Wildman–Crippen MR) is 81.7 cm³/mol. The minimum absolute atomic E-state index is 0.159. The van der Waals surface area contributed by atoms with E-state index in [1.54, 1.807) is 11.3 Å². The maximum atomic E-state index is 6.01. The first-order valence-electron chi connectivity index (χ1n) is 6.49. The molecule has 1 unspecified atom stereocenters. The molecule has 0 bridgehead atoms. The summed E-state index contributed by atoms with van der Waals surface area (Å²) in [5.74, 6) is 6.57. The maximum Gasteiger partial charge on any atom is 0.137 e. The van der Waals surface area contributed by atoms with Crippen LogP contribution in [0.5, 0.6) is 0 Å². The summed E-state index contributed by atoms with van der Waals surface area (Å²) in [6.45, 7) is 6.04. The van der Waals surface area contributed by atoms with E-state index >= 15 is 0 Å². The van der Waals surface area contributed by atoms with E-state index in [9.17, 15) is 0 Å². The van der Waals surface area contributed by atoms with Gasteiger partial charge in [-0.05, 0) is 32.4 Å². The van der Waals surface area contributed by atoms with Crippen LogP contribution in [0.15, 0.2) is 28.7 Å². The van der Waals surface area contributed by atoms with Crippen molar-refractivity contribution in [2.75, 3.05) is 0 Å². The molecule has 0 fully saturated rings.